The molecule has 0 aliphatic heterocycles. The number of ether oxygens (including phenoxy) is 1. The highest BCUT2D eigenvalue weighted by molar-refractivity contribution is 5.94. The summed E-state index contributed by atoms with van der Waals surface area (Å²) in [5.74, 6) is -0.0948. The Kier molecular flexibility index (Phi) is 5.54. The van der Waals surface area contributed by atoms with Crippen molar-refractivity contribution >= 4 is 11.8 Å². The van der Waals surface area contributed by atoms with Crippen molar-refractivity contribution in [3.05, 3.63) is 77.6 Å². The van der Waals surface area contributed by atoms with Gasteiger partial charge in [0.05, 0.1) is 12.7 Å². The van der Waals surface area contributed by atoms with E-state index in [1.165, 1.54) is 7.11 Å². The second-order valence-corrected chi connectivity index (χ2v) is 6.67. The summed E-state index contributed by atoms with van der Waals surface area (Å²) in [7, 11) is 1.35. The van der Waals surface area contributed by atoms with Gasteiger partial charge in [-0.1, -0.05) is 12.1 Å². The minimum Gasteiger partial charge on any atom is -0.465 e. The fraction of sp³-hybridized carbons (Fsp3) is 0.286. The minimum atomic E-state index is -0.381. The molecule has 6 heteroatoms. The van der Waals surface area contributed by atoms with Gasteiger partial charge < -0.3 is 14.3 Å². The fourth-order valence-corrected chi connectivity index (χ4v) is 3.16. The summed E-state index contributed by atoms with van der Waals surface area (Å²) < 4.78 is 6.63. The molecule has 0 unspecified atom stereocenters. The molecule has 140 valence electrons. The summed E-state index contributed by atoms with van der Waals surface area (Å²) in [6, 6.07) is 11.2. The molecule has 0 spiro atoms. The molecule has 27 heavy (non-hydrogen) atoms. The van der Waals surface area contributed by atoms with E-state index in [4.69, 9.17) is 4.74 Å². The number of carbonyl (C=O) groups excluding carboxylic acids is 2. The minimum absolute atomic E-state index is 0.0228. The second kappa shape index (κ2) is 8.03. The Hall–Kier alpha value is -3.15. The standard InChI is InChI=1S/C21H23N3O3/c1-14(2)24-12-11-23-20(24)19(25)13-17(18-5-4-10-22-18)15-6-8-16(9-7-15)21(26)27-3/h4-12,14,17,22H,13H2,1-3H3/t17-/m0/s1. The van der Waals surface area contributed by atoms with Crippen LogP contribution >= 0.6 is 0 Å². The fourth-order valence-electron chi connectivity index (χ4n) is 3.16. The van der Waals surface area contributed by atoms with Gasteiger partial charge in [-0.15, -0.1) is 0 Å². The van der Waals surface area contributed by atoms with Crippen molar-refractivity contribution < 1.29 is 14.3 Å². The van der Waals surface area contributed by atoms with E-state index in [1.807, 2.05) is 55.1 Å². The van der Waals surface area contributed by atoms with Crippen LogP contribution in [0.5, 0.6) is 0 Å². The number of nitrogens with one attached hydrogen (secondary N) is 1. The zero-order chi connectivity index (χ0) is 19.4. The molecule has 0 aliphatic carbocycles. The summed E-state index contributed by atoms with van der Waals surface area (Å²) in [5, 5.41) is 0. The molecule has 0 fully saturated rings. The molecular weight excluding hydrogens is 342 g/mol. The number of aromatic amines is 1. The lowest BCUT2D eigenvalue weighted by molar-refractivity contribution is 0.0600. The molecular formula is C21H23N3O3. The number of Topliss-reactive ketones (excluding diaryl/α,β-unsaturated/α-hetero) is 1. The predicted molar refractivity (Wildman–Crippen MR) is 102 cm³/mol. The number of nitrogens with zero attached hydrogens (tertiary/aromatic N) is 2. The largest absolute Gasteiger partial charge is 0.465 e. The van der Waals surface area contributed by atoms with Crippen LogP contribution in [0.4, 0.5) is 0 Å². The van der Waals surface area contributed by atoms with Crippen LogP contribution in [0.1, 0.15) is 64.5 Å². The van der Waals surface area contributed by atoms with Gasteiger partial charge in [0.15, 0.2) is 11.6 Å². The highest BCUT2D eigenvalue weighted by atomic mass is 16.5. The van der Waals surface area contributed by atoms with E-state index in [9.17, 15) is 9.59 Å². The van der Waals surface area contributed by atoms with E-state index in [0.29, 0.717) is 11.4 Å². The van der Waals surface area contributed by atoms with Crippen molar-refractivity contribution in [1.29, 1.82) is 0 Å². The van der Waals surface area contributed by atoms with Gasteiger partial charge in [0, 0.05) is 42.7 Å². The zero-order valence-electron chi connectivity index (χ0n) is 15.7. The summed E-state index contributed by atoms with van der Waals surface area (Å²) >= 11 is 0. The number of rotatable bonds is 7. The first-order valence-corrected chi connectivity index (χ1v) is 8.89. The van der Waals surface area contributed by atoms with E-state index < -0.39 is 0 Å². The van der Waals surface area contributed by atoms with Crippen LogP contribution in [-0.2, 0) is 4.74 Å². The van der Waals surface area contributed by atoms with E-state index in [-0.39, 0.29) is 30.1 Å². The maximum Gasteiger partial charge on any atom is 0.337 e. The normalized spacial score (nSPS) is 12.1. The Morgan fingerprint density at radius 2 is 1.93 bits per heavy atom. The summed E-state index contributed by atoms with van der Waals surface area (Å²) in [6.07, 6.45) is 5.60. The van der Waals surface area contributed by atoms with Crippen LogP contribution < -0.4 is 0 Å². The maximum absolute atomic E-state index is 13.0. The molecule has 0 saturated carbocycles. The number of H-pyrrole nitrogens is 1. The average molecular weight is 365 g/mol. The topological polar surface area (TPSA) is 77.0 Å². The van der Waals surface area contributed by atoms with Crippen molar-refractivity contribution in [3.8, 4) is 0 Å². The van der Waals surface area contributed by atoms with Gasteiger partial charge in [0.1, 0.15) is 0 Å². The van der Waals surface area contributed by atoms with Crippen molar-refractivity contribution in [2.75, 3.05) is 7.11 Å². The number of benzene rings is 1. The molecule has 1 atom stereocenters. The third kappa shape index (κ3) is 4.00. The molecule has 0 amide bonds. The van der Waals surface area contributed by atoms with E-state index in [0.717, 1.165) is 11.3 Å². The first kappa shape index (κ1) is 18.6. The van der Waals surface area contributed by atoms with E-state index in [2.05, 4.69) is 9.97 Å². The Bertz CT molecular complexity index is 909. The lowest BCUT2D eigenvalue weighted by Gasteiger charge is -2.17. The summed E-state index contributed by atoms with van der Waals surface area (Å²) in [4.78, 5) is 32.1. The van der Waals surface area contributed by atoms with Crippen LogP contribution in [0, 0.1) is 0 Å². The maximum atomic E-state index is 13.0. The number of methoxy groups -OCH3 is 1. The highest BCUT2D eigenvalue weighted by Crippen LogP contribution is 2.29. The monoisotopic (exact) mass is 365 g/mol. The van der Waals surface area contributed by atoms with E-state index in [1.54, 1.807) is 18.3 Å². The number of imidazole rings is 1. The SMILES string of the molecule is COC(=O)c1ccc([C@H](CC(=O)c2nccn2C(C)C)c2ccc[nH]2)cc1. The molecule has 0 aliphatic rings. The first-order valence-electron chi connectivity index (χ1n) is 8.89. The van der Waals surface area contributed by atoms with Crippen LogP contribution in [-0.4, -0.2) is 33.4 Å². The van der Waals surface area contributed by atoms with Gasteiger partial charge in [0.25, 0.3) is 0 Å². The lowest BCUT2D eigenvalue weighted by atomic mass is 9.90. The lowest BCUT2D eigenvalue weighted by Crippen LogP contribution is -2.16. The van der Waals surface area contributed by atoms with E-state index >= 15 is 0 Å². The van der Waals surface area contributed by atoms with Crippen molar-refractivity contribution in [1.82, 2.24) is 14.5 Å². The third-order valence-electron chi connectivity index (χ3n) is 4.60. The van der Waals surface area contributed by atoms with Gasteiger partial charge in [-0.25, -0.2) is 9.78 Å². The van der Waals surface area contributed by atoms with Gasteiger partial charge in [-0.05, 0) is 43.7 Å². The quantitative estimate of drug-likeness (QED) is 0.507. The van der Waals surface area contributed by atoms with Gasteiger partial charge in [0.2, 0.25) is 0 Å². The van der Waals surface area contributed by atoms with Crippen LogP contribution in [0.2, 0.25) is 0 Å². The Morgan fingerprint density at radius 1 is 1.19 bits per heavy atom. The third-order valence-corrected chi connectivity index (χ3v) is 4.60. The van der Waals surface area contributed by atoms with Crippen molar-refractivity contribution in [2.45, 2.75) is 32.2 Å². The van der Waals surface area contributed by atoms with Gasteiger partial charge in [-0.2, -0.15) is 0 Å². The molecule has 0 radical (unpaired) electrons. The summed E-state index contributed by atoms with van der Waals surface area (Å²) in [6.45, 7) is 4.04. The number of carbonyl (C=O) groups is 2. The Labute approximate surface area is 158 Å². The second-order valence-electron chi connectivity index (χ2n) is 6.67. The molecule has 0 saturated heterocycles. The molecule has 2 aromatic heterocycles. The predicted octanol–water partition coefficient (Wildman–Crippen LogP) is 3.98. The summed E-state index contributed by atoms with van der Waals surface area (Å²) in [5.41, 5.74) is 2.37. The molecule has 0 bridgehead atoms. The number of ketones is 1. The molecule has 1 aromatic carbocycles. The number of esters is 1. The zero-order valence-corrected chi connectivity index (χ0v) is 15.7. The van der Waals surface area contributed by atoms with Crippen molar-refractivity contribution in [2.24, 2.45) is 0 Å². The van der Waals surface area contributed by atoms with Crippen LogP contribution in [0.3, 0.4) is 0 Å². The van der Waals surface area contributed by atoms with Gasteiger partial charge in [-0.3, -0.25) is 4.79 Å². The first-order chi connectivity index (χ1) is 13.0. The van der Waals surface area contributed by atoms with Gasteiger partial charge >= 0.3 is 5.97 Å². The number of hydrogen-bond donors (Lipinski definition) is 1. The number of hydrogen-bond acceptors (Lipinski definition) is 4. The molecule has 1 N–H and O–H groups in total. The molecule has 3 rings (SSSR count). The molecule has 2 heterocycles. The van der Waals surface area contributed by atoms with Crippen molar-refractivity contribution in [3.63, 3.8) is 0 Å². The van der Waals surface area contributed by atoms with Crippen LogP contribution in [0.25, 0.3) is 0 Å². The highest BCUT2D eigenvalue weighted by Gasteiger charge is 2.23. The van der Waals surface area contributed by atoms with Crippen LogP contribution in [0.15, 0.2) is 55.0 Å². The Balaban J connectivity index is 1.90. The average Bonchev–Trinajstić information content (AvgIpc) is 3.37. The molecule has 3 aromatic rings. The molecule has 6 nitrogen and oxygen atoms in total. The number of aromatic nitrogens is 3. The smallest absolute Gasteiger partial charge is 0.337 e. The Morgan fingerprint density at radius 3 is 2.52 bits per heavy atom.